The van der Waals surface area contributed by atoms with Gasteiger partial charge in [-0.1, -0.05) is 11.6 Å². The van der Waals surface area contributed by atoms with Crippen LogP contribution in [0.5, 0.6) is 0 Å². The van der Waals surface area contributed by atoms with E-state index in [0.717, 1.165) is 61.1 Å². The van der Waals surface area contributed by atoms with Gasteiger partial charge in [-0.2, -0.15) is 0 Å². The summed E-state index contributed by atoms with van der Waals surface area (Å²) in [6, 6.07) is 5.69. The minimum Gasteiger partial charge on any atom is -0.399 e. The van der Waals surface area contributed by atoms with Crippen LogP contribution in [0, 0.1) is 0 Å². The van der Waals surface area contributed by atoms with Crippen molar-refractivity contribution in [3.63, 3.8) is 0 Å². The van der Waals surface area contributed by atoms with Crippen molar-refractivity contribution in [2.24, 2.45) is 0 Å². The molecule has 0 aliphatic carbocycles. The van der Waals surface area contributed by atoms with Crippen molar-refractivity contribution in [2.75, 3.05) is 25.6 Å². The number of rotatable bonds is 2. The molecular weight excluding hydrogens is 294 g/mol. The predicted molar refractivity (Wildman–Crippen MR) is 83.5 cm³/mol. The molecule has 1 unspecified atom stereocenters. The van der Waals surface area contributed by atoms with E-state index in [-0.39, 0.29) is 5.60 Å². The smallest absolute Gasteiger partial charge is 0.0737 e. The van der Waals surface area contributed by atoms with E-state index < -0.39 is 0 Å². The van der Waals surface area contributed by atoms with Crippen LogP contribution in [-0.2, 0) is 9.47 Å². The Labute approximate surface area is 129 Å². The van der Waals surface area contributed by atoms with E-state index in [1.54, 1.807) is 0 Å². The lowest BCUT2D eigenvalue weighted by Gasteiger charge is -2.43. The van der Waals surface area contributed by atoms with Crippen molar-refractivity contribution in [1.29, 1.82) is 0 Å². The third kappa shape index (κ3) is 3.25. The van der Waals surface area contributed by atoms with E-state index in [1.165, 1.54) is 0 Å². The van der Waals surface area contributed by atoms with Crippen molar-refractivity contribution in [1.82, 2.24) is 0 Å². The van der Waals surface area contributed by atoms with Gasteiger partial charge in [0.15, 0.2) is 0 Å². The first-order valence-corrected chi connectivity index (χ1v) is 8.36. The van der Waals surface area contributed by atoms with Crippen molar-refractivity contribution in [2.45, 2.75) is 41.4 Å². The standard InChI is InChI=1S/C15H20ClNO2S/c16-13-2-1-11(17)9-14(13)20-12-3-6-19-15(10-12)4-7-18-8-5-15/h1-2,9,12H,3-8,10,17H2. The van der Waals surface area contributed by atoms with E-state index in [9.17, 15) is 0 Å². The van der Waals surface area contributed by atoms with Crippen molar-refractivity contribution in [3.05, 3.63) is 23.2 Å². The Morgan fingerprint density at radius 3 is 2.85 bits per heavy atom. The van der Waals surface area contributed by atoms with Gasteiger partial charge >= 0.3 is 0 Å². The summed E-state index contributed by atoms with van der Waals surface area (Å²) in [4.78, 5) is 1.08. The van der Waals surface area contributed by atoms with Gasteiger partial charge in [0, 0.05) is 35.7 Å². The summed E-state index contributed by atoms with van der Waals surface area (Å²) in [5, 5.41) is 1.33. The van der Waals surface area contributed by atoms with Crippen LogP contribution >= 0.6 is 23.4 Å². The number of hydrogen-bond acceptors (Lipinski definition) is 4. The van der Waals surface area contributed by atoms with Crippen LogP contribution < -0.4 is 5.73 Å². The molecule has 5 heteroatoms. The van der Waals surface area contributed by atoms with Crippen LogP contribution in [0.15, 0.2) is 23.1 Å². The SMILES string of the molecule is Nc1ccc(Cl)c(SC2CCOC3(CCOCC3)C2)c1. The minimum absolute atomic E-state index is 0.0287. The molecular formula is C15H20ClNO2S. The first-order valence-electron chi connectivity index (χ1n) is 7.10. The monoisotopic (exact) mass is 313 g/mol. The molecule has 0 aromatic heterocycles. The van der Waals surface area contributed by atoms with Crippen molar-refractivity contribution < 1.29 is 9.47 Å². The van der Waals surface area contributed by atoms with Crippen molar-refractivity contribution in [3.8, 4) is 0 Å². The molecule has 0 saturated carbocycles. The molecule has 2 aliphatic rings. The Morgan fingerprint density at radius 2 is 2.05 bits per heavy atom. The van der Waals surface area contributed by atoms with E-state index in [1.807, 2.05) is 30.0 Å². The Morgan fingerprint density at radius 1 is 1.25 bits per heavy atom. The Bertz CT molecular complexity index is 471. The second-order valence-electron chi connectivity index (χ2n) is 5.57. The molecule has 110 valence electrons. The first kappa shape index (κ1) is 14.5. The number of thioether (sulfide) groups is 1. The maximum absolute atomic E-state index is 6.27. The summed E-state index contributed by atoms with van der Waals surface area (Å²) in [6.45, 7) is 2.46. The summed E-state index contributed by atoms with van der Waals surface area (Å²) in [7, 11) is 0. The van der Waals surface area contributed by atoms with Gasteiger partial charge in [0.05, 0.1) is 10.6 Å². The van der Waals surface area contributed by atoms with Gasteiger partial charge in [-0.25, -0.2) is 0 Å². The highest BCUT2D eigenvalue weighted by Gasteiger charge is 2.39. The Hall–Kier alpha value is -0.420. The maximum atomic E-state index is 6.27. The third-order valence-electron chi connectivity index (χ3n) is 4.10. The second-order valence-corrected chi connectivity index (χ2v) is 7.32. The lowest BCUT2D eigenvalue weighted by molar-refractivity contribution is -0.131. The number of hydrogen-bond donors (Lipinski definition) is 1. The third-order valence-corrected chi connectivity index (χ3v) is 5.87. The number of anilines is 1. The zero-order valence-corrected chi connectivity index (χ0v) is 13.0. The highest BCUT2D eigenvalue weighted by molar-refractivity contribution is 8.00. The molecule has 2 saturated heterocycles. The van der Waals surface area contributed by atoms with Gasteiger partial charge in [-0.3, -0.25) is 0 Å². The predicted octanol–water partition coefficient (Wildman–Crippen LogP) is 3.74. The molecule has 1 aromatic carbocycles. The number of nitrogens with two attached hydrogens (primary N) is 1. The molecule has 1 aromatic rings. The van der Waals surface area contributed by atoms with E-state index >= 15 is 0 Å². The van der Waals surface area contributed by atoms with E-state index in [0.29, 0.717) is 5.25 Å². The molecule has 3 nitrogen and oxygen atoms in total. The van der Waals surface area contributed by atoms with Crippen LogP contribution in [0.3, 0.4) is 0 Å². The van der Waals surface area contributed by atoms with Crippen LogP contribution in [0.2, 0.25) is 5.02 Å². The van der Waals surface area contributed by atoms with Crippen LogP contribution in [0.1, 0.15) is 25.7 Å². The summed E-state index contributed by atoms with van der Waals surface area (Å²) < 4.78 is 11.5. The number of ether oxygens (including phenoxy) is 2. The van der Waals surface area contributed by atoms with Gasteiger partial charge in [0.1, 0.15) is 0 Å². The molecule has 3 rings (SSSR count). The topological polar surface area (TPSA) is 44.5 Å². The van der Waals surface area contributed by atoms with Gasteiger partial charge in [0.25, 0.3) is 0 Å². The summed E-state index contributed by atoms with van der Waals surface area (Å²) in [5.74, 6) is 0. The zero-order valence-electron chi connectivity index (χ0n) is 11.4. The van der Waals surface area contributed by atoms with E-state index in [2.05, 4.69) is 0 Å². The fourth-order valence-electron chi connectivity index (χ4n) is 2.97. The fraction of sp³-hybridized carbons (Fsp3) is 0.600. The molecule has 0 amide bonds. The van der Waals surface area contributed by atoms with Crippen LogP contribution in [0.25, 0.3) is 0 Å². The van der Waals surface area contributed by atoms with Gasteiger partial charge in [-0.05, 0) is 43.9 Å². The molecule has 2 N–H and O–H groups in total. The average molecular weight is 314 g/mol. The number of halogens is 1. The molecule has 0 radical (unpaired) electrons. The summed E-state index contributed by atoms with van der Waals surface area (Å²) >= 11 is 8.11. The molecule has 1 spiro atoms. The van der Waals surface area contributed by atoms with Crippen LogP contribution in [-0.4, -0.2) is 30.7 Å². The van der Waals surface area contributed by atoms with Gasteiger partial charge in [-0.15, -0.1) is 11.8 Å². The molecule has 20 heavy (non-hydrogen) atoms. The lowest BCUT2D eigenvalue weighted by atomic mass is 9.86. The lowest BCUT2D eigenvalue weighted by Crippen LogP contribution is -2.45. The summed E-state index contributed by atoms with van der Waals surface area (Å²) in [5.41, 5.74) is 6.65. The fourth-order valence-corrected chi connectivity index (χ4v) is 4.56. The van der Waals surface area contributed by atoms with Gasteiger partial charge < -0.3 is 15.2 Å². The normalized spacial score (nSPS) is 25.8. The summed E-state index contributed by atoms with van der Waals surface area (Å²) in [6.07, 6.45) is 4.16. The van der Waals surface area contributed by atoms with Gasteiger partial charge in [0.2, 0.25) is 0 Å². The number of nitrogen functional groups attached to an aromatic ring is 1. The van der Waals surface area contributed by atoms with E-state index in [4.69, 9.17) is 26.8 Å². The molecule has 1 atom stereocenters. The zero-order chi connectivity index (χ0) is 14.0. The Kier molecular flexibility index (Phi) is 4.46. The molecule has 2 aliphatic heterocycles. The Balaban J connectivity index is 1.69. The van der Waals surface area contributed by atoms with Crippen LogP contribution in [0.4, 0.5) is 5.69 Å². The molecule has 0 bridgehead atoms. The van der Waals surface area contributed by atoms with Crippen molar-refractivity contribution >= 4 is 29.1 Å². The largest absolute Gasteiger partial charge is 0.399 e. The quantitative estimate of drug-likeness (QED) is 0.845. The molecule has 2 heterocycles. The molecule has 2 fully saturated rings. The number of benzene rings is 1. The average Bonchev–Trinajstić information content (AvgIpc) is 2.44. The minimum atomic E-state index is 0.0287. The highest BCUT2D eigenvalue weighted by Crippen LogP contribution is 2.42. The highest BCUT2D eigenvalue weighted by atomic mass is 35.5. The maximum Gasteiger partial charge on any atom is 0.0737 e. The first-order chi connectivity index (χ1) is 9.67. The second kappa shape index (κ2) is 6.14.